The van der Waals surface area contributed by atoms with Crippen LogP contribution >= 0.6 is 0 Å². The molecule has 5 nitrogen and oxygen atoms in total. The maximum absolute atomic E-state index is 11.9. The smallest absolute Gasteiger partial charge is 0.246 e. The van der Waals surface area contributed by atoms with Crippen LogP contribution in [0, 0.1) is 0 Å². The Morgan fingerprint density at radius 1 is 1.12 bits per heavy atom. The van der Waals surface area contributed by atoms with Crippen LogP contribution in [-0.4, -0.2) is 41.0 Å². The van der Waals surface area contributed by atoms with E-state index in [1.54, 1.807) is 6.07 Å². The first-order valence-electron chi connectivity index (χ1n) is 4.58. The molecule has 6 heteroatoms. The molecule has 0 aromatic heterocycles. The van der Waals surface area contributed by atoms with Crippen molar-refractivity contribution in [2.75, 3.05) is 28.3 Å². The summed E-state index contributed by atoms with van der Waals surface area (Å²) in [6.07, 6.45) is 0. The minimum absolute atomic E-state index is 0.126. The molecular formula is C10H15NO4S. The topological polar surface area (TPSA) is 55.8 Å². The minimum Gasteiger partial charge on any atom is -0.497 e. The Kier molecular flexibility index (Phi) is 3.77. The van der Waals surface area contributed by atoms with Crippen LogP contribution in [0.2, 0.25) is 0 Å². The molecule has 0 radical (unpaired) electrons. The van der Waals surface area contributed by atoms with Crippen LogP contribution in [0.15, 0.2) is 23.1 Å². The summed E-state index contributed by atoms with van der Waals surface area (Å²) < 4.78 is 35.0. The van der Waals surface area contributed by atoms with Crippen molar-refractivity contribution in [1.82, 2.24) is 4.31 Å². The predicted molar refractivity (Wildman–Crippen MR) is 60.4 cm³/mol. The van der Waals surface area contributed by atoms with Crippen LogP contribution < -0.4 is 9.47 Å². The van der Waals surface area contributed by atoms with Crippen LogP contribution in [0.5, 0.6) is 11.5 Å². The van der Waals surface area contributed by atoms with Gasteiger partial charge >= 0.3 is 0 Å². The highest BCUT2D eigenvalue weighted by molar-refractivity contribution is 7.89. The highest BCUT2D eigenvalue weighted by Gasteiger charge is 2.22. The van der Waals surface area contributed by atoms with Gasteiger partial charge in [-0.3, -0.25) is 0 Å². The van der Waals surface area contributed by atoms with Gasteiger partial charge in [0.25, 0.3) is 0 Å². The number of hydrogen-bond acceptors (Lipinski definition) is 4. The molecule has 0 unspecified atom stereocenters. The molecule has 1 aromatic rings. The summed E-state index contributed by atoms with van der Waals surface area (Å²) in [5, 5.41) is 0. The Balaban J connectivity index is 3.35. The monoisotopic (exact) mass is 245 g/mol. The van der Waals surface area contributed by atoms with Gasteiger partial charge in [-0.15, -0.1) is 0 Å². The van der Waals surface area contributed by atoms with E-state index in [0.717, 1.165) is 4.31 Å². The number of rotatable bonds is 4. The molecule has 0 bridgehead atoms. The Bertz CT molecular complexity index is 468. The average Bonchev–Trinajstić information content (AvgIpc) is 2.27. The summed E-state index contributed by atoms with van der Waals surface area (Å²) in [5.41, 5.74) is 0. The Morgan fingerprint density at radius 2 is 1.75 bits per heavy atom. The molecule has 0 saturated heterocycles. The van der Waals surface area contributed by atoms with Gasteiger partial charge in [0.15, 0.2) is 0 Å². The van der Waals surface area contributed by atoms with E-state index < -0.39 is 10.0 Å². The van der Waals surface area contributed by atoms with Crippen molar-refractivity contribution in [3.05, 3.63) is 18.2 Å². The van der Waals surface area contributed by atoms with E-state index in [2.05, 4.69) is 0 Å². The Labute approximate surface area is 95.6 Å². The molecule has 1 rings (SSSR count). The van der Waals surface area contributed by atoms with Crippen LogP contribution in [0.25, 0.3) is 0 Å². The summed E-state index contributed by atoms with van der Waals surface area (Å²) in [4.78, 5) is 0.126. The number of hydrogen-bond donors (Lipinski definition) is 0. The highest BCUT2D eigenvalue weighted by atomic mass is 32.2. The first kappa shape index (κ1) is 12.8. The zero-order valence-corrected chi connectivity index (χ0v) is 10.5. The molecular weight excluding hydrogens is 230 g/mol. The molecule has 1 aromatic carbocycles. The van der Waals surface area contributed by atoms with E-state index in [-0.39, 0.29) is 10.6 Å². The molecule has 0 spiro atoms. The summed E-state index contributed by atoms with van der Waals surface area (Å²) in [6, 6.07) is 4.59. The second-order valence-electron chi connectivity index (χ2n) is 3.30. The fourth-order valence-electron chi connectivity index (χ4n) is 1.18. The summed E-state index contributed by atoms with van der Waals surface area (Å²) in [6.45, 7) is 0. The van der Waals surface area contributed by atoms with E-state index in [4.69, 9.17) is 9.47 Å². The van der Waals surface area contributed by atoms with Crippen molar-refractivity contribution in [1.29, 1.82) is 0 Å². The predicted octanol–water partition coefficient (Wildman–Crippen LogP) is 0.954. The second kappa shape index (κ2) is 4.71. The molecule has 90 valence electrons. The minimum atomic E-state index is -3.49. The van der Waals surface area contributed by atoms with Crippen LogP contribution in [-0.2, 0) is 10.0 Å². The number of methoxy groups -OCH3 is 2. The highest BCUT2D eigenvalue weighted by Crippen LogP contribution is 2.29. The lowest BCUT2D eigenvalue weighted by Gasteiger charge is -2.14. The third-order valence-electron chi connectivity index (χ3n) is 2.13. The fraction of sp³-hybridized carbons (Fsp3) is 0.400. The lowest BCUT2D eigenvalue weighted by atomic mass is 10.3. The van der Waals surface area contributed by atoms with Gasteiger partial charge in [-0.05, 0) is 12.1 Å². The van der Waals surface area contributed by atoms with E-state index in [9.17, 15) is 8.42 Å². The number of sulfonamides is 1. The SMILES string of the molecule is COc1ccc(S(=O)(=O)N(C)C)c(OC)c1. The third kappa shape index (κ3) is 2.28. The van der Waals surface area contributed by atoms with Crippen molar-refractivity contribution in [2.45, 2.75) is 4.90 Å². The van der Waals surface area contributed by atoms with Gasteiger partial charge in [0, 0.05) is 20.2 Å². The number of nitrogens with zero attached hydrogens (tertiary/aromatic N) is 1. The summed E-state index contributed by atoms with van der Waals surface area (Å²) in [5.74, 6) is 0.822. The zero-order valence-electron chi connectivity index (χ0n) is 9.72. The van der Waals surface area contributed by atoms with Crippen molar-refractivity contribution in [3.8, 4) is 11.5 Å². The summed E-state index contributed by atoms with van der Waals surface area (Å²) >= 11 is 0. The molecule has 0 fully saturated rings. The van der Waals surface area contributed by atoms with Gasteiger partial charge in [-0.1, -0.05) is 0 Å². The summed E-state index contributed by atoms with van der Waals surface area (Å²) in [7, 11) is 2.38. The van der Waals surface area contributed by atoms with Crippen molar-refractivity contribution >= 4 is 10.0 Å². The molecule has 0 amide bonds. The number of ether oxygens (including phenoxy) is 2. The van der Waals surface area contributed by atoms with E-state index in [0.29, 0.717) is 5.75 Å². The normalized spacial score (nSPS) is 11.6. The first-order valence-corrected chi connectivity index (χ1v) is 6.02. The van der Waals surface area contributed by atoms with Gasteiger partial charge in [0.2, 0.25) is 10.0 Å². The molecule has 0 saturated carbocycles. The standard InChI is InChI=1S/C10H15NO4S/c1-11(2)16(12,13)10-6-5-8(14-3)7-9(10)15-4/h5-7H,1-4H3. The zero-order chi connectivity index (χ0) is 12.3. The van der Waals surface area contributed by atoms with Gasteiger partial charge in [-0.2, -0.15) is 0 Å². The van der Waals surface area contributed by atoms with Crippen molar-refractivity contribution in [3.63, 3.8) is 0 Å². The van der Waals surface area contributed by atoms with Crippen molar-refractivity contribution < 1.29 is 17.9 Å². The maximum Gasteiger partial charge on any atom is 0.246 e. The maximum atomic E-state index is 11.9. The average molecular weight is 245 g/mol. The third-order valence-corrected chi connectivity index (χ3v) is 3.98. The Morgan fingerprint density at radius 3 is 2.19 bits per heavy atom. The fourth-order valence-corrected chi connectivity index (χ4v) is 2.21. The van der Waals surface area contributed by atoms with E-state index in [1.807, 2.05) is 0 Å². The van der Waals surface area contributed by atoms with Gasteiger partial charge in [0.05, 0.1) is 14.2 Å². The van der Waals surface area contributed by atoms with Gasteiger partial charge in [0.1, 0.15) is 16.4 Å². The number of benzene rings is 1. The van der Waals surface area contributed by atoms with E-state index >= 15 is 0 Å². The quantitative estimate of drug-likeness (QED) is 0.792. The van der Waals surface area contributed by atoms with Gasteiger partial charge < -0.3 is 9.47 Å². The Hall–Kier alpha value is -1.27. The lowest BCUT2D eigenvalue weighted by molar-refractivity contribution is 0.384. The molecule has 0 atom stereocenters. The molecule has 0 aliphatic carbocycles. The molecule has 0 aliphatic rings. The molecule has 0 aliphatic heterocycles. The second-order valence-corrected chi connectivity index (χ2v) is 5.42. The van der Waals surface area contributed by atoms with Crippen molar-refractivity contribution in [2.24, 2.45) is 0 Å². The lowest BCUT2D eigenvalue weighted by Crippen LogP contribution is -2.22. The first-order chi connectivity index (χ1) is 7.43. The van der Waals surface area contributed by atoms with Crippen LogP contribution in [0.3, 0.4) is 0 Å². The molecule has 16 heavy (non-hydrogen) atoms. The van der Waals surface area contributed by atoms with Crippen LogP contribution in [0.4, 0.5) is 0 Å². The van der Waals surface area contributed by atoms with Gasteiger partial charge in [-0.25, -0.2) is 12.7 Å². The molecule has 0 heterocycles. The molecule has 0 N–H and O–H groups in total. The van der Waals surface area contributed by atoms with E-state index in [1.165, 1.54) is 40.4 Å². The van der Waals surface area contributed by atoms with Crippen LogP contribution in [0.1, 0.15) is 0 Å². The largest absolute Gasteiger partial charge is 0.497 e.